The average Bonchev–Trinajstić information content (AvgIpc) is 2.62. The van der Waals surface area contributed by atoms with Crippen molar-refractivity contribution in [3.8, 4) is 0 Å². The molecule has 6 nitrogen and oxygen atoms in total. The van der Waals surface area contributed by atoms with Gasteiger partial charge in [-0.05, 0) is 0 Å². The number of amides is 1. The monoisotopic (exact) mass is 195 g/mol. The van der Waals surface area contributed by atoms with Crippen molar-refractivity contribution in [2.75, 3.05) is 13.7 Å². The topological polar surface area (TPSA) is 73.2 Å². The van der Waals surface area contributed by atoms with E-state index in [0.29, 0.717) is 18.8 Å². The highest BCUT2D eigenvalue weighted by Gasteiger charge is 2.21. The van der Waals surface area contributed by atoms with E-state index >= 15 is 0 Å². The van der Waals surface area contributed by atoms with E-state index < -0.39 is 5.97 Å². The first-order chi connectivity index (χ1) is 6.72. The summed E-state index contributed by atoms with van der Waals surface area (Å²) in [5.41, 5.74) is 0.566. The Balaban J connectivity index is 2.40. The number of hydrogen-bond donors (Lipinski definition) is 1. The number of hydrogen-bond acceptors (Lipinski definition) is 4. The second kappa shape index (κ2) is 3.13. The van der Waals surface area contributed by atoms with Crippen LogP contribution in [-0.4, -0.2) is 35.3 Å². The number of methoxy groups -OCH3 is 1. The van der Waals surface area contributed by atoms with Gasteiger partial charge >= 0.3 is 5.97 Å². The zero-order valence-electron chi connectivity index (χ0n) is 7.61. The molecule has 6 heteroatoms. The highest BCUT2D eigenvalue weighted by atomic mass is 16.5. The maximum atomic E-state index is 11.3. The van der Waals surface area contributed by atoms with Crippen LogP contribution >= 0.6 is 0 Å². The standard InChI is InChI=1S/C8H9N3O3/c1-14-8(13)5-4-6-7(12)9-2-3-11(6)10-5/h4H,2-3H2,1H3,(H,9,12). The summed E-state index contributed by atoms with van der Waals surface area (Å²) in [6, 6.07) is 1.43. The molecule has 0 fully saturated rings. The number of aromatic nitrogens is 2. The zero-order valence-corrected chi connectivity index (χ0v) is 7.61. The van der Waals surface area contributed by atoms with E-state index in [1.54, 1.807) is 0 Å². The predicted octanol–water partition coefficient (Wildman–Crippen LogP) is -0.587. The molecule has 1 aromatic heterocycles. The van der Waals surface area contributed by atoms with Crippen molar-refractivity contribution in [1.82, 2.24) is 15.1 Å². The lowest BCUT2D eigenvalue weighted by Gasteiger charge is -2.13. The van der Waals surface area contributed by atoms with Crippen LogP contribution < -0.4 is 5.32 Å². The van der Waals surface area contributed by atoms with Gasteiger partial charge in [0.1, 0.15) is 5.69 Å². The molecule has 1 aliphatic rings. The number of carbonyl (C=O) groups excluding carboxylic acids is 2. The second-order valence-corrected chi connectivity index (χ2v) is 2.89. The molecule has 0 aliphatic carbocycles. The number of ether oxygens (including phenoxy) is 1. The van der Waals surface area contributed by atoms with Gasteiger partial charge in [-0.25, -0.2) is 4.79 Å². The highest BCUT2D eigenvalue weighted by Crippen LogP contribution is 2.08. The van der Waals surface area contributed by atoms with Gasteiger partial charge in [0, 0.05) is 12.6 Å². The van der Waals surface area contributed by atoms with Gasteiger partial charge in [0.25, 0.3) is 5.91 Å². The van der Waals surface area contributed by atoms with Crippen LogP contribution in [0.25, 0.3) is 0 Å². The molecular formula is C8H9N3O3. The van der Waals surface area contributed by atoms with Crippen LogP contribution in [0, 0.1) is 0 Å². The fourth-order valence-corrected chi connectivity index (χ4v) is 1.34. The fraction of sp³-hybridized carbons (Fsp3) is 0.375. The maximum absolute atomic E-state index is 11.3. The van der Waals surface area contributed by atoms with Crippen molar-refractivity contribution in [3.63, 3.8) is 0 Å². The summed E-state index contributed by atoms with van der Waals surface area (Å²) >= 11 is 0. The molecule has 14 heavy (non-hydrogen) atoms. The Morgan fingerprint density at radius 3 is 3.14 bits per heavy atom. The summed E-state index contributed by atoms with van der Waals surface area (Å²) in [5.74, 6) is -0.737. The number of esters is 1. The summed E-state index contributed by atoms with van der Waals surface area (Å²) in [4.78, 5) is 22.4. The van der Waals surface area contributed by atoms with Crippen LogP contribution in [0.4, 0.5) is 0 Å². The number of nitrogens with one attached hydrogen (secondary N) is 1. The van der Waals surface area contributed by atoms with Gasteiger partial charge in [-0.3, -0.25) is 9.48 Å². The summed E-state index contributed by atoms with van der Waals surface area (Å²) in [6.45, 7) is 1.12. The minimum absolute atomic E-state index is 0.166. The number of nitrogens with zero attached hydrogens (tertiary/aromatic N) is 2. The van der Waals surface area contributed by atoms with Crippen molar-refractivity contribution in [3.05, 3.63) is 17.5 Å². The van der Waals surface area contributed by atoms with Crippen LogP contribution in [0.1, 0.15) is 21.0 Å². The lowest BCUT2D eigenvalue weighted by molar-refractivity contribution is 0.0592. The Morgan fingerprint density at radius 1 is 1.71 bits per heavy atom. The van der Waals surface area contributed by atoms with Crippen molar-refractivity contribution < 1.29 is 14.3 Å². The van der Waals surface area contributed by atoms with E-state index in [1.165, 1.54) is 17.9 Å². The molecule has 2 heterocycles. The summed E-state index contributed by atoms with van der Waals surface area (Å²) in [7, 11) is 1.28. The minimum atomic E-state index is -0.528. The average molecular weight is 195 g/mol. The SMILES string of the molecule is COC(=O)c1cc2n(n1)CCNC2=O. The van der Waals surface area contributed by atoms with Crippen LogP contribution in [-0.2, 0) is 11.3 Å². The van der Waals surface area contributed by atoms with Gasteiger partial charge in [-0.2, -0.15) is 5.10 Å². The van der Waals surface area contributed by atoms with E-state index in [1.807, 2.05) is 0 Å². The lowest BCUT2D eigenvalue weighted by Crippen LogP contribution is -2.35. The largest absolute Gasteiger partial charge is 0.464 e. The van der Waals surface area contributed by atoms with Crippen LogP contribution in [0.15, 0.2) is 6.07 Å². The molecule has 0 atom stereocenters. The van der Waals surface area contributed by atoms with Gasteiger partial charge in [-0.1, -0.05) is 0 Å². The van der Waals surface area contributed by atoms with E-state index in [-0.39, 0.29) is 11.6 Å². The fourth-order valence-electron chi connectivity index (χ4n) is 1.34. The normalized spacial score (nSPS) is 14.5. The number of fused-ring (bicyclic) bond motifs is 1. The third kappa shape index (κ3) is 1.24. The molecule has 1 amide bonds. The first kappa shape index (κ1) is 8.74. The van der Waals surface area contributed by atoms with Gasteiger partial charge in [0.2, 0.25) is 0 Å². The van der Waals surface area contributed by atoms with Crippen LogP contribution in [0.2, 0.25) is 0 Å². The van der Waals surface area contributed by atoms with E-state index in [4.69, 9.17) is 0 Å². The molecule has 0 aromatic carbocycles. The third-order valence-electron chi connectivity index (χ3n) is 2.02. The van der Waals surface area contributed by atoms with E-state index in [2.05, 4.69) is 15.2 Å². The number of rotatable bonds is 1. The molecule has 74 valence electrons. The quantitative estimate of drug-likeness (QED) is 0.608. The molecule has 1 N–H and O–H groups in total. The molecule has 0 saturated heterocycles. The Morgan fingerprint density at radius 2 is 2.50 bits per heavy atom. The summed E-state index contributed by atoms with van der Waals surface area (Å²) < 4.78 is 6.01. The van der Waals surface area contributed by atoms with Gasteiger partial charge in [0.15, 0.2) is 5.69 Å². The molecule has 0 radical (unpaired) electrons. The predicted molar refractivity (Wildman–Crippen MR) is 45.9 cm³/mol. The molecule has 1 aromatic rings. The first-order valence-corrected chi connectivity index (χ1v) is 4.16. The molecule has 0 saturated carbocycles. The highest BCUT2D eigenvalue weighted by molar-refractivity contribution is 5.96. The van der Waals surface area contributed by atoms with Crippen molar-refractivity contribution in [2.45, 2.75) is 6.54 Å². The van der Waals surface area contributed by atoms with Crippen molar-refractivity contribution in [2.24, 2.45) is 0 Å². The van der Waals surface area contributed by atoms with Crippen molar-refractivity contribution >= 4 is 11.9 Å². The van der Waals surface area contributed by atoms with Gasteiger partial charge in [0.05, 0.1) is 13.7 Å². The molecule has 0 bridgehead atoms. The Kier molecular flexibility index (Phi) is 1.95. The number of carbonyl (C=O) groups is 2. The smallest absolute Gasteiger partial charge is 0.358 e. The lowest BCUT2D eigenvalue weighted by atomic mass is 10.3. The Bertz CT molecular complexity index is 397. The molecule has 1 aliphatic heterocycles. The van der Waals surface area contributed by atoms with E-state index in [0.717, 1.165) is 0 Å². The Labute approximate surface area is 79.8 Å². The maximum Gasteiger partial charge on any atom is 0.358 e. The van der Waals surface area contributed by atoms with Crippen LogP contribution in [0.3, 0.4) is 0 Å². The van der Waals surface area contributed by atoms with Gasteiger partial charge < -0.3 is 10.1 Å². The van der Waals surface area contributed by atoms with Crippen LogP contribution in [0.5, 0.6) is 0 Å². The summed E-state index contributed by atoms with van der Waals surface area (Å²) in [6.07, 6.45) is 0. The van der Waals surface area contributed by atoms with Crippen molar-refractivity contribution in [1.29, 1.82) is 0 Å². The van der Waals surface area contributed by atoms with Gasteiger partial charge in [-0.15, -0.1) is 0 Å². The summed E-state index contributed by atoms with van der Waals surface area (Å²) in [5, 5.41) is 6.61. The second-order valence-electron chi connectivity index (χ2n) is 2.89. The molecule has 0 spiro atoms. The third-order valence-corrected chi connectivity index (χ3v) is 2.02. The molecule has 0 unspecified atom stereocenters. The zero-order chi connectivity index (χ0) is 10.1. The molecule has 2 rings (SSSR count). The first-order valence-electron chi connectivity index (χ1n) is 4.16. The minimum Gasteiger partial charge on any atom is -0.464 e. The Hall–Kier alpha value is -1.85. The molecular weight excluding hydrogens is 186 g/mol. The van der Waals surface area contributed by atoms with E-state index in [9.17, 15) is 9.59 Å².